The number of Topliss-reactive ketones (excluding diaryl/α,β-unsaturated/α-hetero) is 1. The fourth-order valence-corrected chi connectivity index (χ4v) is 2.10. The summed E-state index contributed by atoms with van der Waals surface area (Å²) in [5.41, 5.74) is 1.59. The van der Waals surface area contributed by atoms with Crippen LogP contribution < -0.4 is 9.47 Å². The van der Waals surface area contributed by atoms with E-state index in [4.69, 9.17) is 9.47 Å². The summed E-state index contributed by atoms with van der Waals surface area (Å²) in [5, 5.41) is 0. The molecule has 1 unspecified atom stereocenters. The third-order valence-corrected chi connectivity index (χ3v) is 3.26. The first-order chi connectivity index (χ1) is 9.25. The van der Waals surface area contributed by atoms with Crippen molar-refractivity contribution in [1.82, 2.24) is 4.98 Å². The van der Waals surface area contributed by atoms with Crippen LogP contribution in [0.4, 0.5) is 0 Å². The van der Waals surface area contributed by atoms with Crippen LogP contribution in [0.15, 0.2) is 42.7 Å². The van der Waals surface area contributed by atoms with Crippen LogP contribution in [0.1, 0.15) is 28.8 Å². The SMILES string of the molecule is CC(C(=O)c1ccc2c(c1)OCO2)c1ccncc1. The zero-order valence-electron chi connectivity index (χ0n) is 10.5. The van der Waals surface area contributed by atoms with Gasteiger partial charge in [-0.05, 0) is 35.9 Å². The summed E-state index contributed by atoms with van der Waals surface area (Å²) in [6.45, 7) is 2.11. The Morgan fingerprint density at radius 2 is 1.89 bits per heavy atom. The van der Waals surface area contributed by atoms with Gasteiger partial charge < -0.3 is 9.47 Å². The maximum absolute atomic E-state index is 12.4. The number of pyridine rings is 1. The Bertz CT molecular complexity index is 610. The van der Waals surface area contributed by atoms with Crippen LogP contribution in [0.3, 0.4) is 0 Å². The number of benzene rings is 1. The molecule has 2 heterocycles. The molecular weight excluding hydrogens is 242 g/mol. The van der Waals surface area contributed by atoms with E-state index in [9.17, 15) is 4.79 Å². The smallest absolute Gasteiger partial charge is 0.231 e. The highest BCUT2D eigenvalue weighted by atomic mass is 16.7. The molecule has 0 fully saturated rings. The highest BCUT2D eigenvalue weighted by Gasteiger charge is 2.20. The summed E-state index contributed by atoms with van der Waals surface area (Å²) in [4.78, 5) is 16.4. The summed E-state index contributed by atoms with van der Waals surface area (Å²) in [5.74, 6) is 1.17. The summed E-state index contributed by atoms with van der Waals surface area (Å²) < 4.78 is 10.5. The van der Waals surface area contributed by atoms with Gasteiger partial charge in [0.25, 0.3) is 0 Å². The van der Waals surface area contributed by atoms with Crippen molar-refractivity contribution < 1.29 is 14.3 Å². The first-order valence-electron chi connectivity index (χ1n) is 6.09. The lowest BCUT2D eigenvalue weighted by atomic mass is 9.93. The van der Waals surface area contributed by atoms with Crippen molar-refractivity contribution in [3.05, 3.63) is 53.9 Å². The first-order valence-corrected chi connectivity index (χ1v) is 6.09. The van der Waals surface area contributed by atoms with E-state index >= 15 is 0 Å². The van der Waals surface area contributed by atoms with E-state index in [0.29, 0.717) is 17.1 Å². The molecule has 4 nitrogen and oxygen atoms in total. The van der Waals surface area contributed by atoms with Crippen LogP contribution in [0.25, 0.3) is 0 Å². The van der Waals surface area contributed by atoms with Crippen LogP contribution in [0.5, 0.6) is 11.5 Å². The van der Waals surface area contributed by atoms with Gasteiger partial charge in [-0.1, -0.05) is 6.92 Å². The molecule has 1 aromatic carbocycles. The number of aromatic nitrogens is 1. The molecule has 19 heavy (non-hydrogen) atoms. The third-order valence-electron chi connectivity index (χ3n) is 3.26. The van der Waals surface area contributed by atoms with Gasteiger partial charge in [0.2, 0.25) is 6.79 Å². The van der Waals surface area contributed by atoms with Gasteiger partial charge in [0.05, 0.1) is 0 Å². The Labute approximate surface area is 111 Å². The highest BCUT2D eigenvalue weighted by molar-refractivity contribution is 6.01. The Balaban J connectivity index is 1.88. The molecule has 0 N–H and O–H groups in total. The minimum Gasteiger partial charge on any atom is -0.454 e. The zero-order chi connectivity index (χ0) is 13.2. The molecule has 0 aliphatic carbocycles. The lowest BCUT2D eigenvalue weighted by Crippen LogP contribution is -2.09. The largest absolute Gasteiger partial charge is 0.454 e. The second kappa shape index (κ2) is 4.72. The van der Waals surface area contributed by atoms with Crippen molar-refractivity contribution in [1.29, 1.82) is 0 Å². The number of carbonyl (C=O) groups excluding carboxylic acids is 1. The average Bonchev–Trinajstić information content (AvgIpc) is 2.94. The van der Waals surface area contributed by atoms with Crippen molar-refractivity contribution in [3.8, 4) is 11.5 Å². The quantitative estimate of drug-likeness (QED) is 0.791. The van der Waals surface area contributed by atoms with E-state index < -0.39 is 0 Å². The molecular formula is C15H13NO3. The Hall–Kier alpha value is -2.36. The van der Waals surface area contributed by atoms with Gasteiger partial charge >= 0.3 is 0 Å². The van der Waals surface area contributed by atoms with E-state index in [1.54, 1.807) is 30.6 Å². The summed E-state index contributed by atoms with van der Waals surface area (Å²) in [6.07, 6.45) is 3.39. The number of hydrogen-bond acceptors (Lipinski definition) is 4. The topological polar surface area (TPSA) is 48.4 Å². The molecule has 0 saturated carbocycles. The van der Waals surface area contributed by atoms with Crippen LogP contribution in [-0.2, 0) is 0 Å². The molecule has 0 amide bonds. The molecule has 96 valence electrons. The van der Waals surface area contributed by atoms with E-state index in [0.717, 1.165) is 5.56 Å². The minimum atomic E-state index is -0.205. The van der Waals surface area contributed by atoms with Crippen molar-refractivity contribution in [2.45, 2.75) is 12.8 Å². The lowest BCUT2D eigenvalue weighted by molar-refractivity contribution is 0.0965. The zero-order valence-corrected chi connectivity index (χ0v) is 10.5. The molecule has 1 aliphatic rings. The van der Waals surface area contributed by atoms with E-state index in [1.807, 2.05) is 19.1 Å². The molecule has 0 saturated heterocycles. The van der Waals surface area contributed by atoms with Crippen LogP contribution in [0, 0.1) is 0 Å². The molecule has 0 bridgehead atoms. The second-order valence-electron chi connectivity index (χ2n) is 4.43. The number of carbonyl (C=O) groups is 1. The van der Waals surface area contributed by atoms with Crippen molar-refractivity contribution in [2.24, 2.45) is 0 Å². The fourth-order valence-electron chi connectivity index (χ4n) is 2.10. The highest BCUT2D eigenvalue weighted by Crippen LogP contribution is 2.33. The third kappa shape index (κ3) is 2.17. The molecule has 3 rings (SSSR count). The standard InChI is InChI=1S/C15H13NO3/c1-10(11-4-6-16-7-5-11)15(17)12-2-3-13-14(8-12)19-9-18-13/h2-8,10H,9H2,1H3. The Morgan fingerprint density at radius 3 is 2.68 bits per heavy atom. The number of hydrogen-bond donors (Lipinski definition) is 0. The summed E-state index contributed by atoms with van der Waals surface area (Å²) in [6, 6.07) is 9.00. The Kier molecular flexibility index (Phi) is 2.91. The maximum atomic E-state index is 12.4. The van der Waals surface area contributed by atoms with Crippen molar-refractivity contribution >= 4 is 5.78 Å². The average molecular weight is 255 g/mol. The lowest BCUT2D eigenvalue weighted by Gasteiger charge is -2.10. The summed E-state index contributed by atoms with van der Waals surface area (Å²) >= 11 is 0. The molecule has 1 aliphatic heterocycles. The number of ether oxygens (including phenoxy) is 2. The van der Waals surface area contributed by atoms with Gasteiger partial charge in [-0.3, -0.25) is 9.78 Å². The second-order valence-corrected chi connectivity index (χ2v) is 4.43. The molecule has 0 spiro atoms. The van der Waals surface area contributed by atoms with Gasteiger partial charge in [-0.15, -0.1) is 0 Å². The molecule has 0 radical (unpaired) electrons. The molecule has 2 aromatic rings. The summed E-state index contributed by atoms with van der Waals surface area (Å²) in [7, 11) is 0. The molecule has 1 aromatic heterocycles. The van der Waals surface area contributed by atoms with Gasteiger partial charge in [-0.25, -0.2) is 0 Å². The van der Waals surface area contributed by atoms with Gasteiger partial charge in [-0.2, -0.15) is 0 Å². The number of rotatable bonds is 3. The monoisotopic (exact) mass is 255 g/mol. The molecule has 1 atom stereocenters. The van der Waals surface area contributed by atoms with Gasteiger partial charge in [0, 0.05) is 23.9 Å². The van der Waals surface area contributed by atoms with Crippen LogP contribution >= 0.6 is 0 Å². The van der Waals surface area contributed by atoms with Gasteiger partial charge in [0.15, 0.2) is 17.3 Å². The first kappa shape index (κ1) is 11.7. The van der Waals surface area contributed by atoms with E-state index in [1.165, 1.54) is 0 Å². The Morgan fingerprint density at radius 1 is 1.16 bits per heavy atom. The van der Waals surface area contributed by atoms with Crippen LogP contribution in [0.2, 0.25) is 0 Å². The predicted octanol–water partition coefficient (Wildman–Crippen LogP) is 2.80. The van der Waals surface area contributed by atoms with Crippen molar-refractivity contribution in [2.75, 3.05) is 6.79 Å². The number of fused-ring (bicyclic) bond motifs is 1. The van der Waals surface area contributed by atoms with E-state index in [2.05, 4.69) is 4.98 Å². The predicted molar refractivity (Wildman–Crippen MR) is 69.5 cm³/mol. The molecule has 4 heteroatoms. The fraction of sp³-hybridized carbons (Fsp3) is 0.200. The van der Waals surface area contributed by atoms with Crippen molar-refractivity contribution in [3.63, 3.8) is 0 Å². The number of ketones is 1. The van der Waals surface area contributed by atoms with Gasteiger partial charge in [0.1, 0.15) is 0 Å². The maximum Gasteiger partial charge on any atom is 0.231 e. The van der Waals surface area contributed by atoms with E-state index in [-0.39, 0.29) is 18.5 Å². The normalized spacial score (nSPS) is 14.2. The number of nitrogens with zero attached hydrogens (tertiary/aromatic N) is 1. The van der Waals surface area contributed by atoms with Crippen LogP contribution in [-0.4, -0.2) is 17.6 Å². The minimum absolute atomic E-state index is 0.0597.